The number of rotatable bonds is 4. The van der Waals surface area contributed by atoms with E-state index in [1.165, 1.54) is 12.2 Å². The van der Waals surface area contributed by atoms with E-state index in [-0.39, 0.29) is 13.0 Å². The highest BCUT2D eigenvalue weighted by molar-refractivity contribution is 5.95. The normalized spacial score (nSPS) is 22.8. The van der Waals surface area contributed by atoms with E-state index < -0.39 is 17.4 Å². The van der Waals surface area contributed by atoms with Crippen molar-refractivity contribution in [3.8, 4) is 0 Å². The van der Waals surface area contributed by atoms with E-state index >= 15 is 0 Å². The van der Waals surface area contributed by atoms with Gasteiger partial charge in [0.25, 0.3) is 0 Å². The Balaban J connectivity index is 2.00. The standard InChI is InChI=1S/C13H15NO5/c1-9-2-3-10(19-9)4-5-11(15)14-13(12(16)17)6-7-18-8-13/h2-5H,6-8H2,1H3,(H,14,15)(H,16,17). The van der Waals surface area contributed by atoms with Crippen LogP contribution < -0.4 is 5.32 Å². The molecule has 1 amide bonds. The average molecular weight is 265 g/mol. The van der Waals surface area contributed by atoms with E-state index in [1.807, 2.05) is 0 Å². The predicted molar refractivity (Wildman–Crippen MR) is 66.4 cm³/mol. The molecule has 1 unspecified atom stereocenters. The summed E-state index contributed by atoms with van der Waals surface area (Å²) in [7, 11) is 0. The zero-order valence-corrected chi connectivity index (χ0v) is 10.5. The molecule has 6 heteroatoms. The highest BCUT2D eigenvalue weighted by atomic mass is 16.5. The van der Waals surface area contributed by atoms with E-state index in [0.717, 1.165) is 5.76 Å². The average Bonchev–Trinajstić information content (AvgIpc) is 2.97. The molecule has 0 aliphatic carbocycles. The van der Waals surface area contributed by atoms with Crippen LogP contribution in [-0.4, -0.2) is 35.7 Å². The van der Waals surface area contributed by atoms with Gasteiger partial charge in [-0.05, 0) is 25.1 Å². The molecule has 0 aromatic carbocycles. The minimum Gasteiger partial charge on any atom is -0.479 e. The largest absolute Gasteiger partial charge is 0.479 e. The number of carboxylic acids is 1. The van der Waals surface area contributed by atoms with Gasteiger partial charge in [0.05, 0.1) is 6.61 Å². The van der Waals surface area contributed by atoms with Gasteiger partial charge in [0.15, 0.2) is 5.54 Å². The number of aryl methyl sites for hydroxylation is 1. The molecule has 1 fully saturated rings. The molecule has 102 valence electrons. The van der Waals surface area contributed by atoms with Crippen LogP contribution in [0.2, 0.25) is 0 Å². The zero-order valence-electron chi connectivity index (χ0n) is 10.5. The van der Waals surface area contributed by atoms with Crippen molar-refractivity contribution >= 4 is 18.0 Å². The Hall–Kier alpha value is -2.08. The van der Waals surface area contributed by atoms with Crippen LogP contribution >= 0.6 is 0 Å². The molecule has 1 atom stereocenters. The van der Waals surface area contributed by atoms with Crippen molar-refractivity contribution in [2.45, 2.75) is 18.9 Å². The molecule has 1 aliphatic rings. The van der Waals surface area contributed by atoms with E-state index in [1.54, 1.807) is 19.1 Å². The Morgan fingerprint density at radius 2 is 2.26 bits per heavy atom. The molecule has 19 heavy (non-hydrogen) atoms. The van der Waals surface area contributed by atoms with Crippen LogP contribution in [-0.2, 0) is 14.3 Å². The molecule has 1 aromatic rings. The summed E-state index contributed by atoms with van der Waals surface area (Å²) in [5.41, 5.74) is -1.32. The number of aliphatic carboxylic acids is 1. The lowest BCUT2D eigenvalue weighted by molar-refractivity contribution is -0.147. The smallest absolute Gasteiger partial charge is 0.331 e. The molecule has 0 radical (unpaired) electrons. The number of furan rings is 1. The molecule has 1 saturated heterocycles. The third-order valence-corrected chi connectivity index (χ3v) is 2.95. The fourth-order valence-corrected chi connectivity index (χ4v) is 1.86. The first-order valence-electron chi connectivity index (χ1n) is 5.90. The number of carboxylic acid groups (broad SMARTS) is 1. The second kappa shape index (κ2) is 5.27. The molecule has 0 spiro atoms. The molecule has 2 N–H and O–H groups in total. The summed E-state index contributed by atoms with van der Waals surface area (Å²) in [5.74, 6) is -0.284. The Labute approximate surface area is 110 Å². The second-order valence-corrected chi connectivity index (χ2v) is 4.46. The van der Waals surface area contributed by atoms with Gasteiger partial charge in [-0.1, -0.05) is 0 Å². The van der Waals surface area contributed by atoms with Crippen LogP contribution in [0.25, 0.3) is 6.08 Å². The number of amides is 1. The topological polar surface area (TPSA) is 88.8 Å². The zero-order chi connectivity index (χ0) is 13.9. The highest BCUT2D eigenvalue weighted by Crippen LogP contribution is 2.19. The van der Waals surface area contributed by atoms with Gasteiger partial charge in [-0.3, -0.25) is 4.79 Å². The minimum absolute atomic E-state index is 0.0121. The van der Waals surface area contributed by atoms with Crippen molar-refractivity contribution in [3.05, 3.63) is 29.7 Å². The minimum atomic E-state index is -1.32. The van der Waals surface area contributed by atoms with Crippen LogP contribution in [0.1, 0.15) is 17.9 Å². The van der Waals surface area contributed by atoms with Crippen LogP contribution in [0.15, 0.2) is 22.6 Å². The molecule has 0 bridgehead atoms. The lowest BCUT2D eigenvalue weighted by Crippen LogP contribution is -2.54. The first kappa shape index (κ1) is 13.4. The Morgan fingerprint density at radius 1 is 1.47 bits per heavy atom. The molecule has 1 aromatic heterocycles. The van der Waals surface area contributed by atoms with Gasteiger partial charge in [0.1, 0.15) is 11.5 Å². The van der Waals surface area contributed by atoms with Gasteiger partial charge in [0.2, 0.25) is 5.91 Å². The number of carbonyl (C=O) groups excluding carboxylic acids is 1. The second-order valence-electron chi connectivity index (χ2n) is 4.46. The van der Waals surface area contributed by atoms with Crippen LogP contribution in [0.4, 0.5) is 0 Å². The Morgan fingerprint density at radius 3 is 2.79 bits per heavy atom. The number of hydrogen-bond donors (Lipinski definition) is 2. The maximum Gasteiger partial charge on any atom is 0.331 e. The first-order valence-corrected chi connectivity index (χ1v) is 5.90. The first-order chi connectivity index (χ1) is 9.02. The van der Waals surface area contributed by atoms with Gasteiger partial charge in [-0.15, -0.1) is 0 Å². The lowest BCUT2D eigenvalue weighted by atomic mass is 9.99. The van der Waals surface area contributed by atoms with E-state index in [0.29, 0.717) is 12.4 Å². The molecular weight excluding hydrogens is 250 g/mol. The Kier molecular flexibility index (Phi) is 3.71. The third kappa shape index (κ3) is 3.03. The summed E-state index contributed by atoms with van der Waals surface area (Å²) in [6.45, 7) is 2.11. The number of hydrogen-bond acceptors (Lipinski definition) is 4. The molecule has 6 nitrogen and oxygen atoms in total. The van der Waals surface area contributed by atoms with Gasteiger partial charge in [-0.2, -0.15) is 0 Å². The van der Waals surface area contributed by atoms with Crippen molar-refractivity contribution in [1.82, 2.24) is 5.32 Å². The van der Waals surface area contributed by atoms with Crippen LogP contribution in [0, 0.1) is 6.92 Å². The monoisotopic (exact) mass is 265 g/mol. The lowest BCUT2D eigenvalue weighted by Gasteiger charge is -2.22. The predicted octanol–water partition coefficient (Wildman–Crippen LogP) is 0.961. The van der Waals surface area contributed by atoms with Crippen molar-refractivity contribution < 1.29 is 23.8 Å². The van der Waals surface area contributed by atoms with Crippen molar-refractivity contribution in [2.75, 3.05) is 13.2 Å². The molecule has 2 rings (SSSR count). The molecule has 2 heterocycles. The summed E-state index contributed by atoms with van der Waals surface area (Å²) in [4.78, 5) is 22.9. The van der Waals surface area contributed by atoms with E-state index in [2.05, 4.69) is 5.32 Å². The number of nitrogens with one attached hydrogen (secondary N) is 1. The summed E-state index contributed by atoms with van der Waals surface area (Å²) >= 11 is 0. The fourth-order valence-electron chi connectivity index (χ4n) is 1.86. The molecule has 0 saturated carbocycles. The van der Waals surface area contributed by atoms with Crippen molar-refractivity contribution in [1.29, 1.82) is 0 Å². The van der Waals surface area contributed by atoms with Gasteiger partial charge >= 0.3 is 5.97 Å². The van der Waals surface area contributed by atoms with Crippen LogP contribution in [0.3, 0.4) is 0 Å². The SMILES string of the molecule is Cc1ccc(C=CC(=O)NC2(C(=O)O)CCOC2)o1. The number of ether oxygens (including phenoxy) is 1. The van der Waals surface area contributed by atoms with E-state index in [9.17, 15) is 9.59 Å². The summed E-state index contributed by atoms with van der Waals surface area (Å²) in [5, 5.41) is 11.6. The summed E-state index contributed by atoms with van der Waals surface area (Å²) in [6.07, 6.45) is 3.01. The van der Waals surface area contributed by atoms with Crippen molar-refractivity contribution in [2.24, 2.45) is 0 Å². The molecule has 1 aliphatic heterocycles. The van der Waals surface area contributed by atoms with Crippen LogP contribution in [0.5, 0.6) is 0 Å². The molecular formula is C13H15NO5. The summed E-state index contributed by atoms with van der Waals surface area (Å²) < 4.78 is 10.3. The summed E-state index contributed by atoms with van der Waals surface area (Å²) in [6, 6.07) is 3.51. The quantitative estimate of drug-likeness (QED) is 0.791. The van der Waals surface area contributed by atoms with Gasteiger partial charge in [-0.25, -0.2) is 4.79 Å². The fraction of sp³-hybridized carbons (Fsp3) is 0.385. The maximum atomic E-state index is 11.7. The third-order valence-electron chi connectivity index (χ3n) is 2.95. The van der Waals surface area contributed by atoms with Crippen molar-refractivity contribution in [3.63, 3.8) is 0 Å². The highest BCUT2D eigenvalue weighted by Gasteiger charge is 2.43. The van der Waals surface area contributed by atoms with E-state index in [4.69, 9.17) is 14.3 Å². The Bertz CT molecular complexity index is 511. The number of carbonyl (C=O) groups is 2. The van der Waals surface area contributed by atoms with Gasteiger partial charge < -0.3 is 19.6 Å². The maximum absolute atomic E-state index is 11.7. The van der Waals surface area contributed by atoms with Gasteiger partial charge in [0, 0.05) is 19.1 Å².